The lowest BCUT2D eigenvalue weighted by molar-refractivity contribution is -0.169. The minimum absolute atomic E-state index is 0.211. The SMILES string of the molecule is CCOC(=O)C1(c2ccc3nc(C)[nH]c3c2)COC1. The molecule has 5 heteroatoms. The summed E-state index contributed by atoms with van der Waals surface area (Å²) in [5, 5.41) is 0. The van der Waals surface area contributed by atoms with Crippen LogP contribution in [0.3, 0.4) is 0 Å². The second-order valence-electron chi connectivity index (χ2n) is 4.85. The van der Waals surface area contributed by atoms with E-state index in [1.807, 2.05) is 32.0 Å². The lowest BCUT2D eigenvalue weighted by atomic mass is 9.78. The van der Waals surface area contributed by atoms with Gasteiger partial charge in [0, 0.05) is 0 Å². The number of hydrogen-bond acceptors (Lipinski definition) is 4. The molecule has 3 rings (SSSR count). The molecule has 0 amide bonds. The highest BCUT2D eigenvalue weighted by Gasteiger charge is 2.49. The van der Waals surface area contributed by atoms with Gasteiger partial charge < -0.3 is 14.5 Å². The molecule has 1 N–H and O–H groups in total. The van der Waals surface area contributed by atoms with E-state index in [0.717, 1.165) is 22.4 Å². The van der Waals surface area contributed by atoms with Gasteiger partial charge in [0.05, 0.1) is 30.9 Å². The predicted molar refractivity (Wildman–Crippen MR) is 70.0 cm³/mol. The monoisotopic (exact) mass is 260 g/mol. The number of carbonyl (C=O) groups is 1. The first-order valence-electron chi connectivity index (χ1n) is 6.37. The number of hydrogen-bond donors (Lipinski definition) is 1. The lowest BCUT2D eigenvalue weighted by Gasteiger charge is -2.39. The molecule has 1 saturated heterocycles. The van der Waals surface area contributed by atoms with Gasteiger partial charge in [-0.3, -0.25) is 4.79 Å². The summed E-state index contributed by atoms with van der Waals surface area (Å²) in [6.07, 6.45) is 0. The molecule has 0 unspecified atom stereocenters. The maximum atomic E-state index is 12.2. The number of rotatable bonds is 3. The zero-order chi connectivity index (χ0) is 13.5. The van der Waals surface area contributed by atoms with Gasteiger partial charge in [0.1, 0.15) is 11.2 Å². The van der Waals surface area contributed by atoms with Crippen molar-refractivity contribution in [2.75, 3.05) is 19.8 Å². The Bertz CT molecular complexity index is 629. The van der Waals surface area contributed by atoms with Gasteiger partial charge >= 0.3 is 5.97 Å². The van der Waals surface area contributed by atoms with Crippen LogP contribution in [0.15, 0.2) is 18.2 Å². The van der Waals surface area contributed by atoms with Crippen molar-refractivity contribution in [1.82, 2.24) is 9.97 Å². The summed E-state index contributed by atoms with van der Waals surface area (Å²) in [5.41, 5.74) is 2.11. The van der Waals surface area contributed by atoms with Crippen molar-refractivity contribution in [1.29, 1.82) is 0 Å². The third-order valence-electron chi connectivity index (χ3n) is 3.52. The van der Waals surface area contributed by atoms with Gasteiger partial charge in [0.2, 0.25) is 0 Å². The quantitative estimate of drug-likeness (QED) is 0.853. The molecule has 19 heavy (non-hydrogen) atoms. The average Bonchev–Trinajstić information content (AvgIpc) is 2.67. The maximum absolute atomic E-state index is 12.2. The molecule has 2 aromatic rings. The summed E-state index contributed by atoms with van der Waals surface area (Å²) in [4.78, 5) is 19.7. The van der Waals surface area contributed by atoms with Crippen molar-refractivity contribution in [2.24, 2.45) is 0 Å². The van der Waals surface area contributed by atoms with E-state index in [1.54, 1.807) is 0 Å². The predicted octanol–water partition coefficient (Wildman–Crippen LogP) is 1.70. The lowest BCUT2D eigenvalue weighted by Crippen LogP contribution is -2.53. The van der Waals surface area contributed by atoms with Crippen molar-refractivity contribution < 1.29 is 14.3 Å². The Labute approximate surface area is 110 Å². The van der Waals surface area contributed by atoms with E-state index in [1.165, 1.54) is 0 Å². The Hall–Kier alpha value is -1.88. The van der Waals surface area contributed by atoms with E-state index in [9.17, 15) is 4.79 Å². The summed E-state index contributed by atoms with van der Waals surface area (Å²) >= 11 is 0. The number of carbonyl (C=O) groups excluding carboxylic acids is 1. The minimum Gasteiger partial charge on any atom is -0.465 e. The number of aromatic nitrogens is 2. The van der Waals surface area contributed by atoms with Crippen LogP contribution in [0.4, 0.5) is 0 Å². The fourth-order valence-electron chi connectivity index (χ4n) is 2.41. The number of ether oxygens (including phenoxy) is 2. The molecule has 1 aliphatic rings. The van der Waals surface area contributed by atoms with Crippen LogP contribution in [0.2, 0.25) is 0 Å². The number of nitrogens with one attached hydrogen (secondary N) is 1. The molecule has 0 saturated carbocycles. The number of fused-ring (bicyclic) bond motifs is 1. The van der Waals surface area contributed by atoms with Crippen molar-refractivity contribution in [3.63, 3.8) is 0 Å². The minimum atomic E-state index is -0.650. The molecule has 0 bridgehead atoms. The van der Waals surface area contributed by atoms with Gasteiger partial charge in [0.15, 0.2) is 0 Å². The summed E-state index contributed by atoms with van der Waals surface area (Å²) in [5.74, 6) is 0.652. The molecule has 0 aliphatic carbocycles. The Morgan fingerprint density at radius 2 is 2.32 bits per heavy atom. The smallest absolute Gasteiger partial charge is 0.321 e. The second-order valence-corrected chi connectivity index (χ2v) is 4.85. The first kappa shape index (κ1) is 12.2. The number of H-pyrrole nitrogens is 1. The van der Waals surface area contributed by atoms with E-state index >= 15 is 0 Å². The van der Waals surface area contributed by atoms with Crippen LogP contribution in [0, 0.1) is 6.92 Å². The fraction of sp³-hybridized carbons (Fsp3) is 0.429. The first-order chi connectivity index (χ1) is 9.15. The molecule has 100 valence electrons. The van der Waals surface area contributed by atoms with Gasteiger partial charge in [-0.15, -0.1) is 0 Å². The van der Waals surface area contributed by atoms with Gasteiger partial charge in [-0.1, -0.05) is 6.07 Å². The third kappa shape index (κ3) is 1.81. The molecular formula is C14H16N2O3. The molecule has 2 heterocycles. The number of esters is 1. The third-order valence-corrected chi connectivity index (χ3v) is 3.52. The average molecular weight is 260 g/mol. The first-order valence-corrected chi connectivity index (χ1v) is 6.37. The van der Waals surface area contributed by atoms with E-state index < -0.39 is 5.41 Å². The Balaban J connectivity index is 2.03. The Morgan fingerprint density at radius 1 is 1.53 bits per heavy atom. The highest BCUT2D eigenvalue weighted by atomic mass is 16.6. The molecular weight excluding hydrogens is 244 g/mol. The molecule has 0 atom stereocenters. The number of imidazole rings is 1. The summed E-state index contributed by atoms with van der Waals surface area (Å²) < 4.78 is 10.4. The van der Waals surface area contributed by atoms with Crippen LogP contribution >= 0.6 is 0 Å². The van der Waals surface area contributed by atoms with Crippen molar-refractivity contribution in [3.05, 3.63) is 29.6 Å². The highest BCUT2D eigenvalue weighted by Crippen LogP contribution is 2.35. The summed E-state index contributed by atoms with van der Waals surface area (Å²) in [7, 11) is 0. The molecule has 1 fully saturated rings. The number of benzene rings is 1. The van der Waals surface area contributed by atoms with E-state index in [4.69, 9.17) is 9.47 Å². The van der Waals surface area contributed by atoms with Crippen LogP contribution in [0.25, 0.3) is 11.0 Å². The molecule has 5 nitrogen and oxygen atoms in total. The zero-order valence-corrected chi connectivity index (χ0v) is 11.0. The summed E-state index contributed by atoms with van der Waals surface area (Å²) in [6, 6.07) is 5.82. The van der Waals surface area contributed by atoms with Crippen LogP contribution < -0.4 is 0 Å². The summed E-state index contributed by atoms with van der Waals surface area (Å²) in [6.45, 7) is 4.86. The highest BCUT2D eigenvalue weighted by molar-refractivity contribution is 5.87. The Morgan fingerprint density at radius 3 is 2.95 bits per heavy atom. The van der Waals surface area contributed by atoms with Crippen molar-refractivity contribution in [3.8, 4) is 0 Å². The second kappa shape index (κ2) is 4.35. The fourth-order valence-corrected chi connectivity index (χ4v) is 2.41. The molecule has 1 aromatic heterocycles. The van der Waals surface area contributed by atoms with E-state index in [2.05, 4.69) is 9.97 Å². The van der Waals surface area contributed by atoms with Crippen LogP contribution in [0.1, 0.15) is 18.3 Å². The van der Waals surface area contributed by atoms with Gasteiger partial charge in [-0.25, -0.2) is 4.98 Å². The van der Waals surface area contributed by atoms with E-state index in [-0.39, 0.29) is 5.97 Å². The van der Waals surface area contributed by atoms with Crippen LogP contribution in [0.5, 0.6) is 0 Å². The van der Waals surface area contributed by atoms with Gasteiger partial charge in [-0.2, -0.15) is 0 Å². The van der Waals surface area contributed by atoms with Gasteiger partial charge in [0.25, 0.3) is 0 Å². The normalized spacial score (nSPS) is 17.2. The molecule has 0 spiro atoms. The number of aromatic amines is 1. The van der Waals surface area contributed by atoms with Crippen LogP contribution in [-0.4, -0.2) is 35.8 Å². The molecule has 1 aliphatic heterocycles. The van der Waals surface area contributed by atoms with Crippen molar-refractivity contribution >= 4 is 17.0 Å². The van der Waals surface area contributed by atoms with Crippen LogP contribution in [-0.2, 0) is 19.7 Å². The number of nitrogens with zero attached hydrogens (tertiary/aromatic N) is 1. The molecule has 1 aromatic carbocycles. The largest absolute Gasteiger partial charge is 0.465 e. The maximum Gasteiger partial charge on any atom is 0.321 e. The van der Waals surface area contributed by atoms with E-state index in [0.29, 0.717) is 19.8 Å². The van der Waals surface area contributed by atoms with Gasteiger partial charge in [-0.05, 0) is 31.5 Å². The number of aryl methyl sites for hydroxylation is 1. The standard InChI is InChI=1S/C14H16N2O3/c1-3-19-13(17)14(7-18-8-14)10-4-5-11-12(6-10)16-9(2)15-11/h4-6H,3,7-8H2,1-2H3,(H,15,16). The van der Waals surface area contributed by atoms with Crippen molar-refractivity contribution in [2.45, 2.75) is 19.3 Å². The topological polar surface area (TPSA) is 64.2 Å². The zero-order valence-electron chi connectivity index (χ0n) is 11.0. The molecule has 0 radical (unpaired) electrons. The Kier molecular flexibility index (Phi) is 2.78.